The molecule has 0 unspecified atom stereocenters. The lowest BCUT2D eigenvalue weighted by atomic mass is 9.97. The van der Waals surface area contributed by atoms with Crippen LogP contribution in [0, 0.1) is 5.92 Å². The molecule has 1 N–H and O–H groups in total. The molecule has 1 saturated heterocycles. The molecule has 0 spiro atoms. The highest BCUT2D eigenvalue weighted by atomic mass is 32.2. The van der Waals surface area contributed by atoms with E-state index in [1.165, 1.54) is 9.71 Å². The second kappa shape index (κ2) is 8.92. The molecule has 2 aromatic rings. The Labute approximate surface area is 160 Å². The van der Waals surface area contributed by atoms with E-state index >= 15 is 0 Å². The molecule has 1 amide bonds. The quantitative estimate of drug-likeness (QED) is 0.828. The minimum Gasteiger partial charge on any atom is -0.352 e. The fourth-order valence-corrected chi connectivity index (χ4v) is 4.24. The molecule has 0 aliphatic carbocycles. The third kappa shape index (κ3) is 5.48. The molecule has 0 saturated carbocycles. The van der Waals surface area contributed by atoms with Gasteiger partial charge in [-0.1, -0.05) is 36.4 Å². The summed E-state index contributed by atoms with van der Waals surface area (Å²) in [4.78, 5) is 16.3. The first kappa shape index (κ1) is 19.3. The van der Waals surface area contributed by atoms with E-state index < -0.39 is 10.0 Å². The van der Waals surface area contributed by atoms with Crippen LogP contribution in [0.3, 0.4) is 0 Å². The number of benzene rings is 1. The van der Waals surface area contributed by atoms with Crippen LogP contribution >= 0.6 is 0 Å². The van der Waals surface area contributed by atoms with Gasteiger partial charge in [-0.15, -0.1) is 0 Å². The maximum atomic E-state index is 12.5. The zero-order chi connectivity index (χ0) is 19.1. The van der Waals surface area contributed by atoms with E-state index in [4.69, 9.17) is 0 Å². The normalized spacial score (nSPS) is 16.4. The summed E-state index contributed by atoms with van der Waals surface area (Å²) in [6.07, 6.45) is 6.05. The molecule has 2 heterocycles. The van der Waals surface area contributed by atoms with Gasteiger partial charge in [-0.3, -0.25) is 9.78 Å². The molecule has 1 aromatic heterocycles. The van der Waals surface area contributed by atoms with Crippen LogP contribution in [-0.2, 0) is 21.4 Å². The Kier molecular flexibility index (Phi) is 6.36. The summed E-state index contributed by atoms with van der Waals surface area (Å²) in [5.41, 5.74) is 1.78. The van der Waals surface area contributed by atoms with Gasteiger partial charge in [0.1, 0.15) is 0 Å². The molecule has 0 radical (unpaired) electrons. The Bertz CT molecular complexity index is 875. The summed E-state index contributed by atoms with van der Waals surface area (Å²) in [7, 11) is -3.47. The summed E-state index contributed by atoms with van der Waals surface area (Å²) in [5.74, 6) is -0.193. The highest BCUT2D eigenvalue weighted by Crippen LogP contribution is 2.21. The smallest absolute Gasteiger partial charge is 0.236 e. The Morgan fingerprint density at radius 3 is 2.56 bits per heavy atom. The molecule has 1 aliphatic heterocycles. The summed E-state index contributed by atoms with van der Waals surface area (Å²) in [6.45, 7) is 1.14. The summed E-state index contributed by atoms with van der Waals surface area (Å²) < 4.78 is 26.4. The molecule has 1 aromatic carbocycles. The fraction of sp³-hybridized carbons (Fsp3) is 0.300. The number of nitrogens with one attached hydrogen (secondary N) is 1. The van der Waals surface area contributed by atoms with Crippen LogP contribution in [-0.4, -0.2) is 36.7 Å². The zero-order valence-corrected chi connectivity index (χ0v) is 15.8. The van der Waals surface area contributed by atoms with E-state index in [0.29, 0.717) is 32.5 Å². The van der Waals surface area contributed by atoms with Crippen molar-refractivity contribution in [2.45, 2.75) is 19.4 Å². The van der Waals surface area contributed by atoms with Gasteiger partial charge in [0, 0.05) is 43.4 Å². The van der Waals surface area contributed by atoms with E-state index in [9.17, 15) is 13.2 Å². The third-order valence-corrected chi connectivity index (χ3v) is 6.17. The Morgan fingerprint density at radius 1 is 1.15 bits per heavy atom. The molecule has 142 valence electrons. The van der Waals surface area contributed by atoms with Gasteiger partial charge in [0.2, 0.25) is 15.9 Å². The molecule has 0 bridgehead atoms. The maximum absolute atomic E-state index is 12.5. The van der Waals surface area contributed by atoms with Crippen LogP contribution in [0.1, 0.15) is 24.0 Å². The number of rotatable bonds is 6. The van der Waals surface area contributed by atoms with E-state index in [2.05, 4.69) is 10.3 Å². The minimum atomic E-state index is -3.47. The third-order valence-electron chi connectivity index (χ3n) is 4.61. The number of hydrogen-bond donors (Lipinski definition) is 1. The number of piperidine rings is 1. The second-order valence-corrected chi connectivity index (χ2v) is 8.33. The zero-order valence-electron chi connectivity index (χ0n) is 15.0. The first-order chi connectivity index (χ1) is 13.0. The van der Waals surface area contributed by atoms with Crippen molar-refractivity contribution in [3.63, 3.8) is 0 Å². The number of sulfonamides is 1. The molecule has 27 heavy (non-hydrogen) atoms. The molecule has 1 fully saturated rings. The van der Waals surface area contributed by atoms with Crippen LogP contribution in [0.2, 0.25) is 0 Å². The van der Waals surface area contributed by atoms with Crippen molar-refractivity contribution in [2.75, 3.05) is 13.1 Å². The number of hydrogen-bond acceptors (Lipinski definition) is 4. The molecular formula is C20H23N3O3S. The van der Waals surface area contributed by atoms with Crippen molar-refractivity contribution >= 4 is 22.0 Å². The molecule has 1 aliphatic rings. The Balaban J connectivity index is 1.50. The highest BCUT2D eigenvalue weighted by Gasteiger charge is 2.29. The van der Waals surface area contributed by atoms with Gasteiger partial charge in [-0.25, -0.2) is 8.42 Å². The summed E-state index contributed by atoms with van der Waals surface area (Å²) in [6, 6.07) is 13.0. The first-order valence-electron chi connectivity index (χ1n) is 8.94. The lowest BCUT2D eigenvalue weighted by Crippen LogP contribution is -2.42. The van der Waals surface area contributed by atoms with Crippen molar-refractivity contribution in [1.82, 2.24) is 14.6 Å². The molecule has 0 atom stereocenters. The number of carbonyl (C=O) groups excluding carboxylic acids is 1. The van der Waals surface area contributed by atoms with Gasteiger partial charge in [-0.05, 0) is 36.1 Å². The van der Waals surface area contributed by atoms with Crippen molar-refractivity contribution in [3.05, 3.63) is 71.4 Å². The predicted molar refractivity (Wildman–Crippen MR) is 105 cm³/mol. The second-order valence-electron chi connectivity index (χ2n) is 6.51. The Morgan fingerprint density at radius 2 is 1.89 bits per heavy atom. The topological polar surface area (TPSA) is 79.4 Å². The standard InChI is InChI=1S/C20H23N3O3S/c24-20(22-16-18-7-4-11-21-15-18)19-8-12-23(13-9-19)27(25,26)14-10-17-5-2-1-3-6-17/h1-7,10-11,14-15,19H,8-9,12-13,16H2,(H,22,24)/b14-10+. The maximum Gasteiger partial charge on any atom is 0.236 e. The van der Waals surface area contributed by atoms with Crippen molar-refractivity contribution in [1.29, 1.82) is 0 Å². The molecule has 6 nitrogen and oxygen atoms in total. The molecular weight excluding hydrogens is 362 g/mol. The summed E-state index contributed by atoms with van der Waals surface area (Å²) >= 11 is 0. The molecule has 7 heteroatoms. The Hall–Kier alpha value is -2.51. The number of aromatic nitrogens is 1. The van der Waals surface area contributed by atoms with Gasteiger partial charge in [0.05, 0.1) is 0 Å². The minimum absolute atomic E-state index is 0.0317. The van der Waals surface area contributed by atoms with Gasteiger partial charge in [-0.2, -0.15) is 4.31 Å². The van der Waals surface area contributed by atoms with Crippen LogP contribution < -0.4 is 5.32 Å². The van der Waals surface area contributed by atoms with Gasteiger partial charge in [0.15, 0.2) is 0 Å². The van der Waals surface area contributed by atoms with Crippen molar-refractivity contribution in [2.24, 2.45) is 5.92 Å². The lowest BCUT2D eigenvalue weighted by Gasteiger charge is -2.29. The number of pyridine rings is 1. The van der Waals surface area contributed by atoms with E-state index in [0.717, 1.165) is 11.1 Å². The average molecular weight is 385 g/mol. The van der Waals surface area contributed by atoms with Crippen LogP contribution in [0.4, 0.5) is 0 Å². The van der Waals surface area contributed by atoms with E-state index in [1.54, 1.807) is 18.5 Å². The first-order valence-corrected chi connectivity index (χ1v) is 10.4. The van der Waals surface area contributed by atoms with E-state index in [-0.39, 0.29) is 11.8 Å². The SMILES string of the molecule is O=C(NCc1cccnc1)C1CCN(S(=O)(=O)/C=C/c2ccccc2)CC1. The number of carbonyl (C=O) groups is 1. The van der Waals surface area contributed by atoms with Crippen LogP contribution in [0.25, 0.3) is 6.08 Å². The van der Waals surface area contributed by atoms with Crippen molar-refractivity contribution < 1.29 is 13.2 Å². The lowest BCUT2D eigenvalue weighted by molar-refractivity contribution is -0.126. The summed E-state index contributed by atoms with van der Waals surface area (Å²) in [5, 5.41) is 4.15. The average Bonchev–Trinajstić information content (AvgIpc) is 2.72. The van der Waals surface area contributed by atoms with Gasteiger partial charge < -0.3 is 5.32 Å². The highest BCUT2D eigenvalue weighted by molar-refractivity contribution is 7.92. The predicted octanol–water partition coefficient (Wildman–Crippen LogP) is 2.41. The molecule has 3 rings (SSSR count). The fourth-order valence-electron chi connectivity index (χ4n) is 3.02. The van der Waals surface area contributed by atoms with Gasteiger partial charge in [0.25, 0.3) is 0 Å². The monoisotopic (exact) mass is 385 g/mol. The van der Waals surface area contributed by atoms with Crippen LogP contribution in [0.5, 0.6) is 0 Å². The van der Waals surface area contributed by atoms with Crippen LogP contribution in [0.15, 0.2) is 60.3 Å². The number of nitrogens with zero attached hydrogens (tertiary/aromatic N) is 2. The van der Waals surface area contributed by atoms with E-state index in [1.807, 2.05) is 42.5 Å². The van der Waals surface area contributed by atoms with Gasteiger partial charge >= 0.3 is 0 Å². The van der Waals surface area contributed by atoms with Crippen molar-refractivity contribution in [3.8, 4) is 0 Å². The number of amides is 1. The largest absolute Gasteiger partial charge is 0.352 e.